The highest BCUT2D eigenvalue weighted by Gasteiger charge is 2.02. The maximum atomic E-state index is 5.84. The van der Waals surface area contributed by atoms with E-state index in [-0.39, 0.29) is 0 Å². The first kappa shape index (κ1) is 13.6. The minimum absolute atomic E-state index is 0.387. The molecule has 0 saturated heterocycles. The second-order valence-electron chi connectivity index (χ2n) is 4.35. The maximum absolute atomic E-state index is 5.84. The summed E-state index contributed by atoms with van der Waals surface area (Å²) in [6.45, 7) is 4.25. The van der Waals surface area contributed by atoms with E-state index in [1.165, 1.54) is 0 Å². The zero-order valence-corrected chi connectivity index (χ0v) is 11.8. The normalized spacial score (nSPS) is 11.9. The highest BCUT2D eigenvalue weighted by molar-refractivity contribution is 6.30. The van der Waals surface area contributed by atoms with Gasteiger partial charge in [0, 0.05) is 22.9 Å². The first-order chi connectivity index (χ1) is 9.17. The molecule has 1 heterocycles. The van der Waals surface area contributed by atoms with Crippen LogP contribution in [0.2, 0.25) is 5.02 Å². The molecule has 0 aliphatic carbocycles. The fourth-order valence-electron chi connectivity index (χ4n) is 1.52. The van der Waals surface area contributed by atoms with Gasteiger partial charge >= 0.3 is 0 Å². The molecule has 100 valence electrons. The lowest BCUT2D eigenvalue weighted by atomic mass is 10.2. The average Bonchev–Trinajstić information content (AvgIpc) is 2.42. The Balaban J connectivity index is 2.08. The van der Waals surface area contributed by atoms with Crippen molar-refractivity contribution < 1.29 is 0 Å². The van der Waals surface area contributed by atoms with Crippen molar-refractivity contribution in [3.05, 3.63) is 41.6 Å². The number of rotatable bonds is 5. The Kier molecular flexibility index (Phi) is 4.58. The molecule has 0 saturated carbocycles. The lowest BCUT2D eigenvalue weighted by Crippen LogP contribution is -2.14. The van der Waals surface area contributed by atoms with Gasteiger partial charge in [-0.05, 0) is 43.7 Å². The number of nitrogens with zero attached hydrogens (tertiary/aromatic N) is 2. The number of halogens is 1. The van der Waals surface area contributed by atoms with E-state index in [0.29, 0.717) is 17.0 Å². The number of hydrogen-bond acceptors (Lipinski definition) is 4. The van der Waals surface area contributed by atoms with Gasteiger partial charge in [0.05, 0.1) is 0 Å². The standard InChI is InChI=1S/C14H17ClN4/c1-3-10(2)17-13-8-9-16-14(19-13)18-12-6-4-11(15)5-7-12/h4-10H,3H2,1-2H3,(H2,16,17,18,19). The molecular weight excluding hydrogens is 260 g/mol. The first-order valence-corrected chi connectivity index (χ1v) is 6.67. The molecule has 0 amide bonds. The van der Waals surface area contributed by atoms with E-state index in [1.807, 2.05) is 30.3 Å². The minimum atomic E-state index is 0.387. The van der Waals surface area contributed by atoms with Crippen molar-refractivity contribution >= 4 is 29.1 Å². The van der Waals surface area contributed by atoms with Gasteiger partial charge in [-0.1, -0.05) is 18.5 Å². The molecule has 2 aromatic rings. The highest BCUT2D eigenvalue weighted by Crippen LogP contribution is 2.17. The van der Waals surface area contributed by atoms with Crippen LogP contribution in [0, 0.1) is 0 Å². The smallest absolute Gasteiger partial charge is 0.229 e. The van der Waals surface area contributed by atoms with Crippen molar-refractivity contribution in [2.24, 2.45) is 0 Å². The van der Waals surface area contributed by atoms with Crippen LogP contribution >= 0.6 is 11.6 Å². The Morgan fingerprint density at radius 3 is 2.63 bits per heavy atom. The topological polar surface area (TPSA) is 49.8 Å². The van der Waals surface area contributed by atoms with Crippen molar-refractivity contribution in [1.29, 1.82) is 0 Å². The molecule has 2 N–H and O–H groups in total. The molecule has 0 aliphatic rings. The number of benzene rings is 1. The van der Waals surface area contributed by atoms with Crippen LogP contribution in [0.25, 0.3) is 0 Å². The Hall–Kier alpha value is -1.81. The van der Waals surface area contributed by atoms with Crippen molar-refractivity contribution in [2.75, 3.05) is 10.6 Å². The van der Waals surface area contributed by atoms with E-state index in [9.17, 15) is 0 Å². The summed E-state index contributed by atoms with van der Waals surface area (Å²) in [6, 6.07) is 9.68. The number of hydrogen-bond donors (Lipinski definition) is 2. The Labute approximate surface area is 118 Å². The molecule has 19 heavy (non-hydrogen) atoms. The summed E-state index contributed by atoms with van der Waals surface area (Å²) in [5.41, 5.74) is 0.907. The molecule has 1 aromatic carbocycles. The van der Waals surface area contributed by atoms with Crippen LogP contribution in [0.3, 0.4) is 0 Å². The quantitative estimate of drug-likeness (QED) is 0.864. The van der Waals surface area contributed by atoms with Gasteiger partial charge in [0.25, 0.3) is 0 Å². The molecule has 1 atom stereocenters. The lowest BCUT2D eigenvalue weighted by Gasteiger charge is -2.12. The van der Waals surface area contributed by atoms with Gasteiger partial charge in [-0.15, -0.1) is 0 Å². The molecule has 5 heteroatoms. The second-order valence-corrected chi connectivity index (χ2v) is 4.79. The van der Waals surface area contributed by atoms with E-state index in [4.69, 9.17) is 11.6 Å². The summed E-state index contributed by atoms with van der Waals surface area (Å²) in [4.78, 5) is 8.61. The number of nitrogens with one attached hydrogen (secondary N) is 2. The molecule has 2 rings (SSSR count). The third-order valence-corrected chi connectivity index (χ3v) is 3.01. The van der Waals surface area contributed by atoms with Crippen LogP contribution < -0.4 is 10.6 Å². The van der Waals surface area contributed by atoms with Crippen molar-refractivity contribution in [2.45, 2.75) is 26.3 Å². The van der Waals surface area contributed by atoms with Crippen molar-refractivity contribution in [3.8, 4) is 0 Å². The van der Waals surface area contributed by atoms with Gasteiger partial charge in [0.1, 0.15) is 5.82 Å². The predicted octanol–water partition coefficient (Wildman–Crippen LogP) is 4.08. The van der Waals surface area contributed by atoms with E-state index in [2.05, 4.69) is 34.4 Å². The Morgan fingerprint density at radius 2 is 1.95 bits per heavy atom. The van der Waals surface area contributed by atoms with Gasteiger partial charge in [-0.25, -0.2) is 4.98 Å². The third kappa shape index (κ3) is 4.10. The van der Waals surface area contributed by atoms with E-state index < -0.39 is 0 Å². The Morgan fingerprint density at radius 1 is 1.21 bits per heavy atom. The number of aromatic nitrogens is 2. The summed E-state index contributed by atoms with van der Waals surface area (Å²) in [5, 5.41) is 7.16. The third-order valence-electron chi connectivity index (χ3n) is 2.76. The van der Waals surface area contributed by atoms with Gasteiger partial charge in [-0.2, -0.15) is 4.98 Å². The van der Waals surface area contributed by atoms with Crippen LogP contribution in [0.4, 0.5) is 17.5 Å². The van der Waals surface area contributed by atoms with E-state index in [0.717, 1.165) is 17.9 Å². The summed E-state index contributed by atoms with van der Waals surface area (Å²) < 4.78 is 0. The van der Waals surface area contributed by atoms with Crippen LogP contribution in [-0.2, 0) is 0 Å². The monoisotopic (exact) mass is 276 g/mol. The van der Waals surface area contributed by atoms with Crippen LogP contribution in [0.15, 0.2) is 36.5 Å². The van der Waals surface area contributed by atoms with Gasteiger partial charge in [-0.3, -0.25) is 0 Å². The fourth-order valence-corrected chi connectivity index (χ4v) is 1.64. The maximum Gasteiger partial charge on any atom is 0.229 e. The molecule has 0 radical (unpaired) electrons. The minimum Gasteiger partial charge on any atom is -0.367 e. The van der Waals surface area contributed by atoms with E-state index in [1.54, 1.807) is 6.20 Å². The summed E-state index contributed by atoms with van der Waals surface area (Å²) >= 11 is 5.84. The van der Waals surface area contributed by atoms with Gasteiger partial charge in [0.2, 0.25) is 5.95 Å². The van der Waals surface area contributed by atoms with Crippen LogP contribution in [0.5, 0.6) is 0 Å². The lowest BCUT2D eigenvalue weighted by molar-refractivity contribution is 0.758. The molecular formula is C14H17ClN4. The summed E-state index contributed by atoms with van der Waals surface area (Å²) in [5.74, 6) is 1.39. The number of anilines is 3. The predicted molar refractivity (Wildman–Crippen MR) is 80.1 cm³/mol. The average molecular weight is 277 g/mol. The van der Waals surface area contributed by atoms with Crippen molar-refractivity contribution in [1.82, 2.24) is 9.97 Å². The highest BCUT2D eigenvalue weighted by atomic mass is 35.5. The fraction of sp³-hybridized carbons (Fsp3) is 0.286. The SMILES string of the molecule is CCC(C)Nc1ccnc(Nc2ccc(Cl)cc2)n1. The molecule has 0 spiro atoms. The second kappa shape index (κ2) is 6.38. The molecule has 0 bridgehead atoms. The van der Waals surface area contributed by atoms with Gasteiger partial charge in [0.15, 0.2) is 0 Å². The first-order valence-electron chi connectivity index (χ1n) is 6.29. The van der Waals surface area contributed by atoms with Crippen LogP contribution in [-0.4, -0.2) is 16.0 Å². The Bertz CT molecular complexity index is 527. The molecule has 1 aromatic heterocycles. The van der Waals surface area contributed by atoms with Gasteiger partial charge < -0.3 is 10.6 Å². The van der Waals surface area contributed by atoms with E-state index >= 15 is 0 Å². The molecule has 0 aliphatic heterocycles. The zero-order valence-electron chi connectivity index (χ0n) is 11.0. The molecule has 1 unspecified atom stereocenters. The van der Waals surface area contributed by atoms with Crippen molar-refractivity contribution in [3.63, 3.8) is 0 Å². The molecule has 0 fully saturated rings. The summed E-state index contributed by atoms with van der Waals surface area (Å²) in [6.07, 6.45) is 2.78. The van der Waals surface area contributed by atoms with Crippen LogP contribution in [0.1, 0.15) is 20.3 Å². The summed E-state index contributed by atoms with van der Waals surface area (Å²) in [7, 11) is 0. The largest absolute Gasteiger partial charge is 0.367 e. The zero-order chi connectivity index (χ0) is 13.7. The molecule has 4 nitrogen and oxygen atoms in total.